The Hall–Kier alpha value is -1.97. The lowest BCUT2D eigenvalue weighted by Gasteiger charge is -1.98. The molecular weight excluding hydrogens is 183 g/mol. The first kappa shape index (κ1) is 8.62. The van der Waals surface area contributed by atoms with Gasteiger partial charge in [-0.1, -0.05) is 0 Å². The average Bonchev–Trinajstić information content (AvgIpc) is 2.21. The van der Waals surface area contributed by atoms with E-state index in [1.165, 1.54) is 18.3 Å². The third kappa shape index (κ3) is 1.69. The Morgan fingerprint density at radius 3 is 2.50 bits per heavy atom. The highest BCUT2D eigenvalue weighted by molar-refractivity contribution is 5.60. The fraction of sp³-hybridized carbons (Fsp3) is 0. The van der Waals surface area contributed by atoms with Gasteiger partial charge in [-0.15, -0.1) is 0 Å². The first-order valence-corrected chi connectivity index (χ1v) is 4.06. The van der Waals surface area contributed by atoms with Crippen LogP contribution in [0.15, 0.2) is 41.5 Å². The molecule has 0 saturated carbocycles. The van der Waals surface area contributed by atoms with Crippen LogP contribution in [0.25, 0.3) is 11.1 Å². The van der Waals surface area contributed by atoms with Gasteiger partial charge in [0.25, 0.3) is 0 Å². The van der Waals surface area contributed by atoms with E-state index < -0.39 is 5.95 Å². The van der Waals surface area contributed by atoms with Gasteiger partial charge in [0, 0.05) is 24.0 Å². The van der Waals surface area contributed by atoms with Crippen LogP contribution in [0, 0.1) is 5.95 Å². The minimum absolute atomic E-state index is 0.163. The Morgan fingerprint density at radius 1 is 1.14 bits per heavy atom. The van der Waals surface area contributed by atoms with Crippen molar-refractivity contribution in [1.82, 2.24) is 9.97 Å². The third-order valence-corrected chi connectivity index (χ3v) is 1.84. The van der Waals surface area contributed by atoms with Gasteiger partial charge in [-0.2, -0.15) is 4.39 Å². The van der Waals surface area contributed by atoms with E-state index in [2.05, 4.69) is 9.97 Å². The molecule has 0 amide bonds. The predicted octanol–water partition coefficient (Wildman–Crippen LogP) is 1.58. The summed E-state index contributed by atoms with van der Waals surface area (Å²) < 4.78 is 12.5. The van der Waals surface area contributed by atoms with Gasteiger partial charge < -0.3 is 4.98 Å². The van der Waals surface area contributed by atoms with Gasteiger partial charge in [0.2, 0.25) is 11.5 Å². The molecule has 14 heavy (non-hydrogen) atoms. The highest BCUT2D eigenvalue weighted by atomic mass is 19.1. The fourth-order valence-electron chi connectivity index (χ4n) is 1.14. The summed E-state index contributed by atoms with van der Waals surface area (Å²) in [6.07, 6.45) is 2.99. The van der Waals surface area contributed by atoms with E-state index in [-0.39, 0.29) is 5.56 Å². The standard InChI is InChI=1S/C10H7FN2O/c11-9-3-1-7(5-12-9)8-2-4-10(14)13-6-8/h1-6H,(H,13,14). The lowest BCUT2D eigenvalue weighted by atomic mass is 10.1. The molecule has 2 aromatic heterocycles. The molecule has 70 valence electrons. The van der Waals surface area contributed by atoms with Crippen molar-refractivity contribution in [2.45, 2.75) is 0 Å². The molecule has 2 aromatic rings. The Balaban J connectivity index is 2.44. The number of pyridine rings is 2. The van der Waals surface area contributed by atoms with Crippen molar-refractivity contribution in [3.8, 4) is 11.1 Å². The summed E-state index contributed by atoms with van der Waals surface area (Å²) in [6.45, 7) is 0. The van der Waals surface area contributed by atoms with Crippen LogP contribution in [0.1, 0.15) is 0 Å². The zero-order valence-corrected chi connectivity index (χ0v) is 7.20. The van der Waals surface area contributed by atoms with Crippen LogP contribution in [0.5, 0.6) is 0 Å². The molecule has 0 aromatic carbocycles. The second kappa shape index (κ2) is 3.41. The normalized spacial score (nSPS) is 10.1. The summed E-state index contributed by atoms with van der Waals surface area (Å²) in [5.41, 5.74) is 1.41. The molecule has 0 unspecified atom stereocenters. The van der Waals surface area contributed by atoms with E-state index in [1.807, 2.05) is 0 Å². The average molecular weight is 190 g/mol. The van der Waals surface area contributed by atoms with Crippen LogP contribution >= 0.6 is 0 Å². The number of nitrogens with zero attached hydrogens (tertiary/aromatic N) is 1. The minimum Gasteiger partial charge on any atom is -0.328 e. The van der Waals surface area contributed by atoms with Gasteiger partial charge in [0.15, 0.2) is 0 Å². The molecule has 0 spiro atoms. The quantitative estimate of drug-likeness (QED) is 0.694. The molecule has 2 rings (SSSR count). The summed E-state index contributed by atoms with van der Waals surface area (Å²) in [5, 5.41) is 0. The summed E-state index contributed by atoms with van der Waals surface area (Å²) in [5.74, 6) is -0.516. The van der Waals surface area contributed by atoms with Crippen molar-refractivity contribution in [2.75, 3.05) is 0 Å². The number of halogens is 1. The third-order valence-electron chi connectivity index (χ3n) is 1.84. The monoisotopic (exact) mass is 190 g/mol. The number of nitrogens with one attached hydrogen (secondary N) is 1. The number of aromatic nitrogens is 2. The zero-order valence-electron chi connectivity index (χ0n) is 7.20. The van der Waals surface area contributed by atoms with Crippen molar-refractivity contribution < 1.29 is 4.39 Å². The summed E-state index contributed by atoms with van der Waals surface area (Å²) in [4.78, 5) is 16.8. The lowest BCUT2D eigenvalue weighted by molar-refractivity contribution is 0.584. The van der Waals surface area contributed by atoms with E-state index in [4.69, 9.17) is 0 Å². The molecule has 0 aliphatic rings. The maximum atomic E-state index is 12.5. The van der Waals surface area contributed by atoms with E-state index in [9.17, 15) is 9.18 Å². The molecule has 0 atom stereocenters. The van der Waals surface area contributed by atoms with Gasteiger partial charge in [-0.05, 0) is 23.8 Å². The molecule has 1 N–H and O–H groups in total. The lowest BCUT2D eigenvalue weighted by Crippen LogP contribution is -2.01. The van der Waals surface area contributed by atoms with Gasteiger partial charge in [-0.3, -0.25) is 4.79 Å². The molecule has 0 aliphatic carbocycles. The van der Waals surface area contributed by atoms with Gasteiger partial charge in [-0.25, -0.2) is 4.98 Å². The Morgan fingerprint density at radius 2 is 1.93 bits per heavy atom. The molecule has 0 aliphatic heterocycles. The van der Waals surface area contributed by atoms with Crippen LogP contribution in [0.2, 0.25) is 0 Å². The largest absolute Gasteiger partial charge is 0.328 e. The van der Waals surface area contributed by atoms with Crippen molar-refractivity contribution in [3.63, 3.8) is 0 Å². The van der Waals surface area contributed by atoms with E-state index in [0.29, 0.717) is 0 Å². The Bertz CT molecular complexity index is 470. The zero-order chi connectivity index (χ0) is 9.97. The van der Waals surface area contributed by atoms with Crippen LogP contribution in [-0.2, 0) is 0 Å². The molecule has 0 saturated heterocycles. The van der Waals surface area contributed by atoms with E-state index in [1.54, 1.807) is 18.3 Å². The summed E-state index contributed by atoms with van der Waals surface area (Å²) in [6, 6.07) is 5.96. The van der Waals surface area contributed by atoms with Crippen LogP contribution in [0.4, 0.5) is 4.39 Å². The smallest absolute Gasteiger partial charge is 0.247 e. The molecule has 0 radical (unpaired) electrons. The SMILES string of the molecule is O=c1ccc(-c2ccc(F)nc2)c[nH]1. The molecule has 0 bridgehead atoms. The van der Waals surface area contributed by atoms with E-state index in [0.717, 1.165) is 11.1 Å². The van der Waals surface area contributed by atoms with Crippen molar-refractivity contribution in [2.24, 2.45) is 0 Å². The van der Waals surface area contributed by atoms with E-state index >= 15 is 0 Å². The first-order valence-electron chi connectivity index (χ1n) is 4.06. The highest BCUT2D eigenvalue weighted by Crippen LogP contribution is 2.15. The van der Waals surface area contributed by atoms with Gasteiger partial charge in [0.1, 0.15) is 0 Å². The van der Waals surface area contributed by atoms with Crippen molar-refractivity contribution in [3.05, 3.63) is 53.0 Å². The maximum Gasteiger partial charge on any atom is 0.247 e. The number of hydrogen-bond donors (Lipinski definition) is 1. The molecule has 2 heterocycles. The van der Waals surface area contributed by atoms with Crippen molar-refractivity contribution in [1.29, 1.82) is 0 Å². The number of aromatic amines is 1. The van der Waals surface area contributed by atoms with Crippen LogP contribution < -0.4 is 5.56 Å². The highest BCUT2D eigenvalue weighted by Gasteiger charge is 1.97. The Kier molecular flexibility index (Phi) is 2.10. The maximum absolute atomic E-state index is 12.5. The minimum atomic E-state index is -0.516. The second-order valence-corrected chi connectivity index (χ2v) is 2.81. The summed E-state index contributed by atoms with van der Waals surface area (Å²) in [7, 11) is 0. The molecule has 0 fully saturated rings. The summed E-state index contributed by atoms with van der Waals surface area (Å²) >= 11 is 0. The van der Waals surface area contributed by atoms with Crippen LogP contribution in [0.3, 0.4) is 0 Å². The second-order valence-electron chi connectivity index (χ2n) is 2.81. The number of hydrogen-bond acceptors (Lipinski definition) is 2. The van der Waals surface area contributed by atoms with Crippen molar-refractivity contribution >= 4 is 0 Å². The fourth-order valence-corrected chi connectivity index (χ4v) is 1.14. The van der Waals surface area contributed by atoms with Gasteiger partial charge in [0.05, 0.1) is 0 Å². The first-order chi connectivity index (χ1) is 6.75. The molecule has 3 nitrogen and oxygen atoms in total. The molecular formula is C10H7FN2O. The Labute approximate surface area is 79.3 Å². The number of rotatable bonds is 1. The molecule has 4 heteroatoms. The predicted molar refractivity (Wildman–Crippen MR) is 50.3 cm³/mol. The number of H-pyrrole nitrogens is 1. The van der Waals surface area contributed by atoms with Crippen LogP contribution in [-0.4, -0.2) is 9.97 Å². The topological polar surface area (TPSA) is 45.8 Å². The van der Waals surface area contributed by atoms with Gasteiger partial charge >= 0.3 is 0 Å².